The molecular weight excluding hydrogens is 395 g/mol. The Hall–Kier alpha value is 0.870. The van der Waals surface area contributed by atoms with Crippen LogP contribution in [-0.2, 0) is 10.1 Å². The van der Waals surface area contributed by atoms with Gasteiger partial charge in [-0.15, -0.1) is 0 Å². The Kier molecular flexibility index (Phi) is 24.4. The fourth-order valence-electron chi connectivity index (χ4n) is 3.88. The van der Waals surface area contributed by atoms with E-state index < -0.39 is 15.4 Å². The molecule has 0 rings (SSSR count). The van der Waals surface area contributed by atoms with Gasteiger partial charge in [-0.25, -0.2) is 8.42 Å². The molecule has 0 radical (unpaired) electrons. The summed E-state index contributed by atoms with van der Waals surface area (Å²) in [5, 5.41) is 9.02. The van der Waals surface area contributed by atoms with Crippen molar-refractivity contribution in [2.75, 3.05) is 0 Å². The summed E-state index contributed by atoms with van der Waals surface area (Å²) in [6.45, 7) is 4.28. The van der Waals surface area contributed by atoms with E-state index in [-0.39, 0.29) is 35.7 Å². The van der Waals surface area contributed by atoms with Crippen molar-refractivity contribution in [3.05, 3.63) is 0 Å². The summed E-state index contributed by atoms with van der Waals surface area (Å²) < 4.78 is 34.4. The first-order chi connectivity index (χ1) is 13.4. The van der Waals surface area contributed by atoms with E-state index in [1.807, 2.05) is 0 Å². The molecule has 4 nitrogen and oxygen atoms in total. The van der Waals surface area contributed by atoms with Crippen LogP contribution in [0.3, 0.4) is 0 Å². The topological polar surface area (TPSA) is 77.4 Å². The van der Waals surface area contributed by atoms with Gasteiger partial charge in [0.25, 0.3) is 0 Å². The molecule has 6 heteroatoms. The minimum Gasteiger partial charge on any atom is -0.748 e. The Morgan fingerprint density at radius 2 is 1.00 bits per heavy atom. The Labute approximate surface area is 204 Å². The summed E-state index contributed by atoms with van der Waals surface area (Å²) in [6.07, 6.45) is 19.5. The summed E-state index contributed by atoms with van der Waals surface area (Å²) in [7, 11) is -4.15. The zero-order chi connectivity index (χ0) is 21.1. The van der Waals surface area contributed by atoms with Crippen LogP contribution in [0, 0.1) is 0 Å². The van der Waals surface area contributed by atoms with Crippen molar-refractivity contribution >= 4 is 10.1 Å². The molecule has 0 aromatic rings. The molecule has 0 fully saturated rings. The van der Waals surface area contributed by atoms with E-state index in [1.165, 1.54) is 44.9 Å². The molecule has 0 spiro atoms. The second kappa shape index (κ2) is 22.1. The van der Waals surface area contributed by atoms with Gasteiger partial charge in [0, 0.05) is 5.25 Å². The van der Waals surface area contributed by atoms with E-state index in [0.717, 1.165) is 64.2 Å². The molecule has 0 amide bonds. The zero-order valence-electron chi connectivity index (χ0n) is 19.7. The van der Waals surface area contributed by atoms with Gasteiger partial charge in [-0.05, 0) is 25.7 Å². The van der Waals surface area contributed by atoms with Gasteiger partial charge in [0.05, 0.1) is 16.2 Å². The van der Waals surface area contributed by atoms with Crippen LogP contribution in [0.2, 0.25) is 0 Å². The van der Waals surface area contributed by atoms with Crippen molar-refractivity contribution < 1.29 is 47.6 Å². The maximum absolute atomic E-state index is 11.5. The van der Waals surface area contributed by atoms with Crippen LogP contribution < -0.4 is 29.6 Å². The molecule has 2 atom stereocenters. The van der Waals surface area contributed by atoms with Crippen molar-refractivity contribution in [2.45, 2.75) is 147 Å². The van der Waals surface area contributed by atoms with E-state index >= 15 is 0 Å². The smallest absolute Gasteiger partial charge is 0.748 e. The van der Waals surface area contributed by atoms with E-state index in [9.17, 15) is 18.1 Å². The average Bonchev–Trinajstić information content (AvgIpc) is 2.63. The maximum atomic E-state index is 11.5. The number of rotatable bonds is 21. The quantitative estimate of drug-likeness (QED) is 0.167. The Morgan fingerprint density at radius 3 is 1.38 bits per heavy atom. The first kappa shape index (κ1) is 32.1. The second-order valence-electron chi connectivity index (χ2n) is 8.52. The summed E-state index contributed by atoms with van der Waals surface area (Å²) in [6, 6.07) is 0. The van der Waals surface area contributed by atoms with E-state index in [2.05, 4.69) is 13.8 Å². The molecule has 1 N–H and O–H groups in total. The molecule has 2 unspecified atom stereocenters. The Balaban J connectivity index is 0. The van der Waals surface area contributed by atoms with Crippen LogP contribution in [0.15, 0.2) is 0 Å². The number of aliphatic hydroxyl groups is 1. The van der Waals surface area contributed by atoms with Crippen LogP contribution in [-0.4, -0.2) is 29.4 Å². The molecule has 0 heterocycles. The SMILES string of the molecule is CCCCCCCCC(CCCCCCCCCCC(O)CCC)S(=O)(=O)[O-].[Na+]. The molecule has 29 heavy (non-hydrogen) atoms. The van der Waals surface area contributed by atoms with Crippen molar-refractivity contribution in [3.8, 4) is 0 Å². The van der Waals surface area contributed by atoms with Crippen LogP contribution in [0.1, 0.15) is 136 Å². The number of unbranched alkanes of at least 4 members (excludes halogenated alkanes) is 12. The third-order valence-electron chi connectivity index (χ3n) is 5.72. The summed E-state index contributed by atoms with van der Waals surface area (Å²) in [5.74, 6) is 0. The van der Waals surface area contributed by atoms with Gasteiger partial charge in [-0.3, -0.25) is 0 Å². The van der Waals surface area contributed by atoms with Gasteiger partial charge >= 0.3 is 29.6 Å². The largest absolute Gasteiger partial charge is 1.00 e. The predicted octanol–water partition coefficient (Wildman–Crippen LogP) is 3.72. The molecule has 0 saturated carbocycles. The van der Waals surface area contributed by atoms with E-state index in [4.69, 9.17) is 0 Å². The minimum absolute atomic E-state index is 0. The van der Waals surface area contributed by atoms with Gasteiger partial charge in [0.2, 0.25) is 0 Å². The monoisotopic (exact) mass is 442 g/mol. The molecule has 0 aromatic heterocycles. The van der Waals surface area contributed by atoms with Gasteiger partial charge in [0.1, 0.15) is 0 Å². The fourth-order valence-corrected chi connectivity index (χ4v) is 4.79. The summed E-state index contributed by atoms with van der Waals surface area (Å²) in [4.78, 5) is 0. The first-order valence-electron chi connectivity index (χ1n) is 12.0. The number of hydrogen-bond donors (Lipinski definition) is 1. The van der Waals surface area contributed by atoms with Crippen molar-refractivity contribution in [1.29, 1.82) is 0 Å². The second-order valence-corrected chi connectivity index (χ2v) is 10.2. The van der Waals surface area contributed by atoms with E-state index in [1.54, 1.807) is 0 Å². The van der Waals surface area contributed by atoms with Crippen molar-refractivity contribution in [3.63, 3.8) is 0 Å². The Bertz CT molecular complexity index is 429. The predicted molar refractivity (Wildman–Crippen MR) is 119 cm³/mol. The van der Waals surface area contributed by atoms with E-state index in [0.29, 0.717) is 12.8 Å². The summed E-state index contributed by atoms with van der Waals surface area (Å²) in [5.41, 5.74) is 0. The molecule has 0 aliphatic rings. The first-order valence-corrected chi connectivity index (χ1v) is 13.5. The standard InChI is InChI=1S/C23H48O4S.Na/c1-3-5-6-7-13-16-20-23(28(25,26)27)21-17-14-11-9-8-10-12-15-19-22(24)18-4-2;/h22-24H,3-21H2,1-2H3,(H,25,26,27);/q;+1/p-1. The van der Waals surface area contributed by atoms with Gasteiger partial charge in [-0.1, -0.05) is 110 Å². The van der Waals surface area contributed by atoms with Gasteiger partial charge < -0.3 is 9.66 Å². The molecule has 0 aromatic carbocycles. The molecule has 170 valence electrons. The number of hydrogen-bond acceptors (Lipinski definition) is 4. The summed E-state index contributed by atoms with van der Waals surface area (Å²) >= 11 is 0. The van der Waals surface area contributed by atoms with Crippen LogP contribution >= 0.6 is 0 Å². The van der Waals surface area contributed by atoms with Gasteiger partial charge in [0.15, 0.2) is 0 Å². The number of aliphatic hydroxyl groups excluding tert-OH is 1. The van der Waals surface area contributed by atoms with Gasteiger partial charge in [-0.2, -0.15) is 0 Å². The molecular formula is C23H47NaO4S. The molecule has 0 bridgehead atoms. The third-order valence-corrected chi connectivity index (χ3v) is 7.01. The minimum atomic E-state index is -4.15. The van der Waals surface area contributed by atoms with Crippen molar-refractivity contribution in [1.82, 2.24) is 0 Å². The fraction of sp³-hybridized carbons (Fsp3) is 1.00. The van der Waals surface area contributed by atoms with Crippen LogP contribution in [0.4, 0.5) is 0 Å². The third kappa shape index (κ3) is 21.9. The average molecular weight is 443 g/mol. The normalized spacial score (nSPS) is 13.8. The molecule has 0 aliphatic carbocycles. The molecule has 0 aliphatic heterocycles. The Morgan fingerprint density at radius 1 is 0.621 bits per heavy atom. The maximum Gasteiger partial charge on any atom is 1.00 e. The van der Waals surface area contributed by atoms with Crippen molar-refractivity contribution in [2.24, 2.45) is 0 Å². The van der Waals surface area contributed by atoms with Crippen LogP contribution in [0.5, 0.6) is 0 Å². The molecule has 0 saturated heterocycles. The zero-order valence-corrected chi connectivity index (χ0v) is 22.5. The van der Waals surface area contributed by atoms with Crippen LogP contribution in [0.25, 0.3) is 0 Å².